The molecule has 2 saturated heterocycles. The Hall–Kier alpha value is -0.0800. The zero-order chi connectivity index (χ0) is 11.9. The van der Waals surface area contributed by atoms with Crippen molar-refractivity contribution in [3.63, 3.8) is 0 Å². The van der Waals surface area contributed by atoms with Crippen LogP contribution in [0.3, 0.4) is 0 Å². The van der Waals surface area contributed by atoms with Gasteiger partial charge in [-0.3, -0.25) is 0 Å². The van der Waals surface area contributed by atoms with Crippen molar-refractivity contribution in [2.24, 2.45) is 11.8 Å². The number of nitrogens with one attached hydrogen (secondary N) is 1. The number of hydrogen-bond donors (Lipinski definition) is 1. The molecule has 2 rings (SSSR count). The maximum absolute atomic E-state index is 3.46. The highest BCUT2D eigenvalue weighted by Gasteiger charge is 2.18. The van der Waals surface area contributed by atoms with Gasteiger partial charge in [0.15, 0.2) is 0 Å². The van der Waals surface area contributed by atoms with E-state index in [1.54, 1.807) is 0 Å². The van der Waals surface area contributed by atoms with E-state index in [0.717, 1.165) is 11.8 Å². The van der Waals surface area contributed by atoms with Crippen molar-refractivity contribution in [2.75, 3.05) is 32.7 Å². The molecule has 2 heterocycles. The molecule has 0 aromatic rings. The first kappa shape index (κ1) is 13.4. The summed E-state index contributed by atoms with van der Waals surface area (Å²) >= 11 is 0. The van der Waals surface area contributed by atoms with E-state index in [4.69, 9.17) is 0 Å². The van der Waals surface area contributed by atoms with E-state index in [2.05, 4.69) is 17.1 Å². The van der Waals surface area contributed by atoms with Crippen LogP contribution in [0, 0.1) is 11.8 Å². The third-order valence-corrected chi connectivity index (χ3v) is 4.83. The number of nitrogens with zero attached hydrogens (tertiary/aromatic N) is 1. The van der Waals surface area contributed by atoms with Crippen LogP contribution >= 0.6 is 0 Å². The van der Waals surface area contributed by atoms with Crippen LogP contribution in [0.2, 0.25) is 0 Å². The maximum Gasteiger partial charge on any atom is -0.00161 e. The van der Waals surface area contributed by atoms with E-state index in [9.17, 15) is 0 Å². The fourth-order valence-corrected chi connectivity index (χ4v) is 3.39. The summed E-state index contributed by atoms with van der Waals surface area (Å²) in [5.74, 6) is 2.01. The Morgan fingerprint density at radius 2 is 1.82 bits per heavy atom. The van der Waals surface area contributed by atoms with Crippen molar-refractivity contribution in [3.05, 3.63) is 0 Å². The molecule has 0 saturated carbocycles. The second-order valence-corrected chi connectivity index (χ2v) is 6.03. The van der Waals surface area contributed by atoms with E-state index >= 15 is 0 Å². The number of hydrogen-bond acceptors (Lipinski definition) is 2. The average Bonchev–Trinajstić information content (AvgIpc) is 2.62. The van der Waals surface area contributed by atoms with E-state index in [1.165, 1.54) is 77.7 Å². The molecule has 1 unspecified atom stereocenters. The van der Waals surface area contributed by atoms with Gasteiger partial charge in [-0.15, -0.1) is 0 Å². The Morgan fingerprint density at radius 1 is 1.00 bits per heavy atom. The van der Waals surface area contributed by atoms with Crippen molar-refractivity contribution in [1.29, 1.82) is 0 Å². The van der Waals surface area contributed by atoms with Crippen molar-refractivity contribution in [1.82, 2.24) is 10.2 Å². The van der Waals surface area contributed by atoms with Crippen molar-refractivity contribution >= 4 is 0 Å². The molecule has 2 nitrogen and oxygen atoms in total. The molecule has 0 aromatic heterocycles. The van der Waals surface area contributed by atoms with E-state index in [-0.39, 0.29) is 0 Å². The monoisotopic (exact) mass is 238 g/mol. The van der Waals surface area contributed by atoms with Gasteiger partial charge in [-0.2, -0.15) is 0 Å². The first-order valence-corrected chi connectivity index (χ1v) is 7.81. The van der Waals surface area contributed by atoms with Crippen LogP contribution in [-0.2, 0) is 0 Å². The summed E-state index contributed by atoms with van der Waals surface area (Å²) in [6.45, 7) is 8.95. The van der Waals surface area contributed by atoms with Gasteiger partial charge in [0.05, 0.1) is 0 Å². The van der Waals surface area contributed by atoms with Gasteiger partial charge < -0.3 is 10.2 Å². The Labute approximate surface area is 107 Å². The van der Waals surface area contributed by atoms with Crippen LogP contribution in [0.15, 0.2) is 0 Å². The molecule has 2 heteroatoms. The van der Waals surface area contributed by atoms with E-state index in [0.29, 0.717) is 0 Å². The summed E-state index contributed by atoms with van der Waals surface area (Å²) in [6, 6.07) is 0. The zero-order valence-corrected chi connectivity index (χ0v) is 11.6. The molecule has 2 fully saturated rings. The van der Waals surface area contributed by atoms with Crippen LogP contribution in [-0.4, -0.2) is 37.6 Å². The molecular weight excluding hydrogens is 208 g/mol. The quantitative estimate of drug-likeness (QED) is 0.810. The lowest BCUT2D eigenvalue weighted by Gasteiger charge is -2.26. The molecule has 2 aliphatic rings. The van der Waals surface area contributed by atoms with Gasteiger partial charge in [-0.1, -0.05) is 13.3 Å². The van der Waals surface area contributed by atoms with Gasteiger partial charge in [-0.05, 0) is 83.1 Å². The molecule has 0 radical (unpaired) electrons. The Kier molecular flexibility index (Phi) is 5.79. The highest BCUT2D eigenvalue weighted by molar-refractivity contribution is 4.73. The summed E-state index contributed by atoms with van der Waals surface area (Å²) in [5.41, 5.74) is 0. The Balaban J connectivity index is 1.64. The lowest BCUT2D eigenvalue weighted by Crippen LogP contribution is -2.32. The second kappa shape index (κ2) is 7.38. The predicted molar refractivity (Wildman–Crippen MR) is 74.3 cm³/mol. The highest BCUT2D eigenvalue weighted by Crippen LogP contribution is 2.22. The number of likely N-dealkylation sites (tertiary alicyclic amines) is 1. The normalized spacial score (nSPS) is 29.1. The molecule has 0 aliphatic carbocycles. The fourth-order valence-electron chi connectivity index (χ4n) is 3.39. The van der Waals surface area contributed by atoms with Crippen LogP contribution in [0.5, 0.6) is 0 Å². The number of piperidine rings is 1. The summed E-state index contributed by atoms with van der Waals surface area (Å²) < 4.78 is 0. The van der Waals surface area contributed by atoms with Gasteiger partial charge in [0.2, 0.25) is 0 Å². The Bertz CT molecular complexity index is 199. The van der Waals surface area contributed by atoms with Crippen molar-refractivity contribution in [2.45, 2.75) is 51.9 Å². The minimum atomic E-state index is 1.00. The van der Waals surface area contributed by atoms with Gasteiger partial charge in [-0.25, -0.2) is 0 Å². The lowest BCUT2D eigenvalue weighted by atomic mass is 9.94. The average molecular weight is 238 g/mol. The topological polar surface area (TPSA) is 15.3 Å². The third-order valence-electron chi connectivity index (χ3n) is 4.83. The smallest absolute Gasteiger partial charge is 0.00161 e. The third kappa shape index (κ3) is 4.59. The Morgan fingerprint density at radius 3 is 2.59 bits per heavy atom. The SMILES string of the molecule is CCC1CCCN(CCC2CCNCC2)CC1. The maximum atomic E-state index is 3.46. The molecule has 2 aliphatic heterocycles. The first-order chi connectivity index (χ1) is 8.38. The van der Waals surface area contributed by atoms with Gasteiger partial charge >= 0.3 is 0 Å². The van der Waals surface area contributed by atoms with Gasteiger partial charge in [0.1, 0.15) is 0 Å². The molecule has 100 valence electrons. The predicted octanol–water partition coefficient (Wildman–Crippen LogP) is 2.89. The number of rotatable bonds is 4. The fraction of sp³-hybridized carbons (Fsp3) is 1.00. The zero-order valence-electron chi connectivity index (χ0n) is 11.6. The molecule has 0 amide bonds. The molecule has 1 N–H and O–H groups in total. The molecular formula is C15H30N2. The summed E-state index contributed by atoms with van der Waals surface area (Å²) in [5, 5.41) is 3.46. The largest absolute Gasteiger partial charge is 0.317 e. The lowest BCUT2D eigenvalue weighted by molar-refractivity contribution is 0.239. The first-order valence-electron chi connectivity index (χ1n) is 7.81. The minimum Gasteiger partial charge on any atom is -0.317 e. The summed E-state index contributed by atoms with van der Waals surface area (Å²) in [7, 11) is 0. The van der Waals surface area contributed by atoms with Crippen molar-refractivity contribution in [3.8, 4) is 0 Å². The minimum absolute atomic E-state index is 1.00. The van der Waals surface area contributed by atoms with Crippen LogP contribution in [0.25, 0.3) is 0 Å². The highest BCUT2D eigenvalue weighted by atomic mass is 15.1. The molecule has 0 bridgehead atoms. The molecule has 17 heavy (non-hydrogen) atoms. The van der Waals surface area contributed by atoms with Gasteiger partial charge in [0.25, 0.3) is 0 Å². The van der Waals surface area contributed by atoms with Crippen LogP contribution < -0.4 is 5.32 Å². The van der Waals surface area contributed by atoms with E-state index < -0.39 is 0 Å². The van der Waals surface area contributed by atoms with E-state index in [1.807, 2.05) is 0 Å². The summed E-state index contributed by atoms with van der Waals surface area (Å²) in [4.78, 5) is 2.73. The molecule has 1 atom stereocenters. The summed E-state index contributed by atoms with van der Waals surface area (Å²) in [6.07, 6.45) is 10.0. The molecule has 0 spiro atoms. The van der Waals surface area contributed by atoms with Gasteiger partial charge in [0, 0.05) is 0 Å². The molecule has 0 aromatic carbocycles. The van der Waals surface area contributed by atoms with Crippen LogP contribution in [0.4, 0.5) is 0 Å². The standard InChI is InChI=1S/C15H30N2/c1-2-14-4-3-11-17(12-7-14)13-8-15-5-9-16-10-6-15/h14-16H,2-13H2,1H3. The second-order valence-electron chi connectivity index (χ2n) is 6.03. The van der Waals surface area contributed by atoms with Crippen LogP contribution in [0.1, 0.15) is 51.9 Å². The van der Waals surface area contributed by atoms with Crippen molar-refractivity contribution < 1.29 is 0 Å².